The molecule has 1 heterocycles. The molecule has 0 atom stereocenters. The lowest BCUT2D eigenvalue weighted by Crippen LogP contribution is -2.28. The van der Waals surface area contributed by atoms with Gasteiger partial charge in [-0.1, -0.05) is 11.6 Å². The van der Waals surface area contributed by atoms with E-state index in [0.29, 0.717) is 13.0 Å². The van der Waals surface area contributed by atoms with Crippen LogP contribution in [0.15, 0.2) is 12.4 Å². The second-order valence-electron chi connectivity index (χ2n) is 3.65. The fourth-order valence-corrected chi connectivity index (χ4v) is 1.33. The number of rotatable bonds is 8. The Morgan fingerprint density at radius 2 is 2.12 bits per heavy atom. The van der Waals surface area contributed by atoms with E-state index in [1.165, 1.54) is 10.9 Å². The van der Waals surface area contributed by atoms with Gasteiger partial charge in [0.2, 0.25) is 5.91 Å². The van der Waals surface area contributed by atoms with Crippen molar-refractivity contribution in [2.24, 2.45) is 0 Å². The van der Waals surface area contributed by atoms with Gasteiger partial charge in [-0.05, 0) is 12.8 Å². The van der Waals surface area contributed by atoms with Gasteiger partial charge in [0.25, 0.3) is 0 Å². The molecule has 0 aliphatic carbocycles. The lowest BCUT2D eigenvalue weighted by molar-refractivity contribution is -0.137. The van der Waals surface area contributed by atoms with Crippen LogP contribution in [0, 0.1) is 0 Å². The third-order valence-corrected chi connectivity index (χ3v) is 2.17. The summed E-state index contributed by atoms with van der Waals surface area (Å²) in [6.07, 6.45) is 5.55. The summed E-state index contributed by atoms with van der Waals surface area (Å²) in [4.78, 5) is 21.6. The number of carbonyl (C=O) groups excluding carboxylic acids is 1. The summed E-state index contributed by atoms with van der Waals surface area (Å²) < 4.78 is 1.44. The molecule has 7 nitrogen and oxygen atoms in total. The first-order valence-electron chi connectivity index (χ1n) is 5.51. The van der Waals surface area contributed by atoms with Crippen LogP contribution >= 0.6 is 0 Å². The summed E-state index contributed by atoms with van der Waals surface area (Å²) in [5.74, 6) is -0.894. The molecule has 0 aliphatic heterocycles. The largest absolute Gasteiger partial charge is 0.481 e. The molecule has 0 spiro atoms. The highest BCUT2D eigenvalue weighted by atomic mass is 16.4. The molecule has 7 heteroatoms. The molecule has 0 bridgehead atoms. The lowest BCUT2D eigenvalue weighted by Gasteiger charge is -2.04. The van der Waals surface area contributed by atoms with Crippen LogP contribution in [0.1, 0.15) is 25.7 Å². The Hall–Kier alpha value is -1.92. The Kier molecular flexibility index (Phi) is 5.70. The molecule has 17 heavy (non-hydrogen) atoms. The summed E-state index contributed by atoms with van der Waals surface area (Å²) in [7, 11) is 0. The Morgan fingerprint density at radius 3 is 2.76 bits per heavy atom. The van der Waals surface area contributed by atoms with Crippen LogP contribution in [-0.4, -0.2) is 38.5 Å². The Balaban J connectivity index is 1.99. The quantitative estimate of drug-likeness (QED) is 0.625. The normalized spacial score (nSPS) is 10.1. The molecule has 2 N–H and O–H groups in total. The minimum absolute atomic E-state index is 0.117. The Bertz CT molecular complexity index is 350. The smallest absolute Gasteiger partial charge is 0.303 e. The number of carbonyl (C=O) groups is 2. The van der Waals surface area contributed by atoms with E-state index >= 15 is 0 Å². The summed E-state index contributed by atoms with van der Waals surface area (Å²) in [6, 6.07) is 0. The van der Waals surface area contributed by atoms with E-state index in [1.807, 2.05) is 0 Å². The molecular weight excluding hydrogens is 224 g/mol. The minimum Gasteiger partial charge on any atom is -0.481 e. The van der Waals surface area contributed by atoms with Crippen LogP contribution in [0.5, 0.6) is 0 Å². The zero-order valence-electron chi connectivity index (χ0n) is 9.50. The van der Waals surface area contributed by atoms with Crippen molar-refractivity contribution in [2.75, 3.05) is 6.54 Å². The van der Waals surface area contributed by atoms with Crippen LogP contribution in [0.2, 0.25) is 0 Å². The number of amides is 1. The average Bonchev–Trinajstić information content (AvgIpc) is 2.75. The lowest BCUT2D eigenvalue weighted by atomic mass is 10.2. The van der Waals surface area contributed by atoms with Crippen LogP contribution in [0.3, 0.4) is 0 Å². The van der Waals surface area contributed by atoms with Crippen molar-refractivity contribution >= 4 is 11.9 Å². The number of nitrogens with one attached hydrogen (secondary N) is 1. The average molecular weight is 240 g/mol. The first-order valence-corrected chi connectivity index (χ1v) is 5.51. The first-order chi connectivity index (χ1) is 8.18. The van der Waals surface area contributed by atoms with Gasteiger partial charge in [-0.15, -0.1) is 5.10 Å². The van der Waals surface area contributed by atoms with Crippen LogP contribution < -0.4 is 5.32 Å². The predicted octanol–water partition coefficient (Wildman–Crippen LogP) is 0.0393. The summed E-state index contributed by atoms with van der Waals surface area (Å²) >= 11 is 0. The number of aliphatic carboxylic acids is 1. The number of aromatic nitrogens is 3. The van der Waals surface area contributed by atoms with Gasteiger partial charge in [0.05, 0.1) is 6.20 Å². The van der Waals surface area contributed by atoms with Crippen molar-refractivity contribution in [2.45, 2.75) is 32.2 Å². The summed E-state index contributed by atoms with van der Waals surface area (Å²) in [5, 5.41) is 18.4. The maximum atomic E-state index is 11.4. The zero-order valence-corrected chi connectivity index (χ0v) is 9.50. The first kappa shape index (κ1) is 13.1. The molecule has 1 amide bonds. The third kappa shape index (κ3) is 6.29. The number of hydrogen-bond acceptors (Lipinski definition) is 4. The van der Waals surface area contributed by atoms with E-state index in [0.717, 1.165) is 12.8 Å². The molecule has 0 aromatic carbocycles. The van der Waals surface area contributed by atoms with E-state index in [1.54, 1.807) is 6.20 Å². The molecule has 0 saturated carbocycles. The fraction of sp³-hybridized carbons (Fsp3) is 0.600. The number of carboxylic acids is 1. The van der Waals surface area contributed by atoms with Crippen LogP contribution in [-0.2, 0) is 16.1 Å². The van der Waals surface area contributed by atoms with Crippen LogP contribution in [0.4, 0.5) is 0 Å². The third-order valence-electron chi connectivity index (χ3n) is 2.17. The molecule has 1 aromatic rings. The van der Waals surface area contributed by atoms with Crippen molar-refractivity contribution in [1.82, 2.24) is 20.3 Å². The van der Waals surface area contributed by atoms with Gasteiger partial charge >= 0.3 is 5.97 Å². The van der Waals surface area contributed by atoms with E-state index < -0.39 is 5.97 Å². The fourth-order valence-electron chi connectivity index (χ4n) is 1.33. The molecule has 0 fully saturated rings. The highest BCUT2D eigenvalue weighted by Crippen LogP contribution is 1.98. The van der Waals surface area contributed by atoms with Crippen molar-refractivity contribution in [3.8, 4) is 0 Å². The number of nitrogens with zero attached hydrogens (tertiary/aromatic N) is 3. The standard InChI is InChI=1S/C10H16N4O3/c15-9(8-14-7-6-12-13-14)11-5-3-1-2-4-10(16)17/h6-7H,1-5,8H2,(H,11,15)(H,16,17). The van der Waals surface area contributed by atoms with Crippen molar-refractivity contribution < 1.29 is 14.7 Å². The molecule has 0 aliphatic rings. The number of unbranched alkanes of at least 4 members (excludes halogenated alkanes) is 2. The molecule has 0 radical (unpaired) electrons. The predicted molar refractivity (Wildman–Crippen MR) is 59.1 cm³/mol. The molecule has 1 aromatic heterocycles. The van der Waals surface area contributed by atoms with Gasteiger partial charge in [0.15, 0.2) is 0 Å². The second-order valence-corrected chi connectivity index (χ2v) is 3.65. The number of carboxylic acid groups (broad SMARTS) is 1. The highest BCUT2D eigenvalue weighted by molar-refractivity contribution is 5.75. The van der Waals surface area contributed by atoms with Crippen molar-refractivity contribution in [3.63, 3.8) is 0 Å². The van der Waals surface area contributed by atoms with E-state index in [2.05, 4.69) is 15.6 Å². The molecular formula is C10H16N4O3. The van der Waals surface area contributed by atoms with Gasteiger partial charge in [-0.3, -0.25) is 9.59 Å². The number of hydrogen-bond donors (Lipinski definition) is 2. The maximum absolute atomic E-state index is 11.4. The van der Waals surface area contributed by atoms with Gasteiger partial charge in [-0.25, -0.2) is 4.68 Å². The van der Waals surface area contributed by atoms with E-state index in [9.17, 15) is 9.59 Å². The molecule has 0 saturated heterocycles. The van der Waals surface area contributed by atoms with Gasteiger partial charge < -0.3 is 10.4 Å². The SMILES string of the molecule is O=C(O)CCCCCNC(=O)Cn1ccnn1. The van der Waals surface area contributed by atoms with Crippen molar-refractivity contribution in [1.29, 1.82) is 0 Å². The molecule has 1 rings (SSSR count). The van der Waals surface area contributed by atoms with Crippen molar-refractivity contribution in [3.05, 3.63) is 12.4 Å². The topological polar surface area (TPSA) is 97.1 Å². The Labute approximate surface area is 98.8 Å². The summed E-state index contributed by atoms with van der Waals surface area (Å²) in [6.45, 7) is 0.724. The van der Waals surface area contributed by atoms with Crippen LogP contribution in [0.25, 0.3) is 0 Å². The van der Waals surface area contributed by atoms with E-state index in [-0.39, 0.29) is 18.9 Å². The van der Waals surface area contributed by atoms with E-state index in [4.69, 9.17) is 5.11 Å². The Morgan fingerprint density at radius 1 is 1.29 bits per heavy atom. The minimum atomic E-state index is -0.778. The highest BCUT2D eigenvalue weighted by Gasteiger charge is 2.02. The van der Waals surface area contributed by atoms with Gasteiger partial charge in [0, 0.05) is 19.2 Å². The molecule has 94 valence electrons. The monoisotopic (exact) mass is 240 g/mol. The maximum Gasteiger partial charge on any atom is 0.303 e. The second kappa shape index (κ2) is 7.37. The zero-order chi connectivity index (χ0) is 12.5. The van der Waals surface area contributed by atoms with Gasteiger partial charge in [-0.2, -0.15) is 0 Å². The summed E-state index contributed by atoms with van der Waals surface area (Å²) in [5.41, 5.74) is 0. The molecule has 0 unspecified atom stereocenters. The van der Waals surface area contributed by atoms with Gasteiger partial charge in [0.1, 0.15) is 6.54 Å².